The van der Waals surface area contributed by atoms with Crippen LogP contribution in [0, 0.1) is 0 Å². The van der Waals surface area contributed by atoms with Gasteiger partial charge in [-0.3, -0.25) is 0 Å². The highest BCUT2D eigenvalue weighted by Crippen LogP contribution is 2.47. The average molecular weight is 881 g/mol. The number of hydrogen-bond acceptors (Lipinski definition) is 2. The molecule has 0 spiro atoms. The molecule has 0 nitrogen and oxygen atoms in total. The Kier molecular flexibility index (Phi) is 9.82. The molecule has 0 saturated heterocycles. The van der Waals surface area contributed by atoms with E-state index in [2.05, 4.69) is 241 Å². The summed E-state index contributed by atoms with van der Waals surface area (Å²) in [5.74, 6) is 0. The van der Waals surface area contributed by atoms with Crippen molar-refractivity contribution in [1.29, 1.82) is 0 Å². The van der Waals surface area contributed by atoms with Crippen molar-refractivity contribution in [1.82, 2.24) is 0 Å². The van der Waals surface area contributed by atoms with Crippen molar-refractivity contribution in [3.8, 4) is 44.5 Å². The zero-order chi connectivity index (χ0) is 44.7. The Morgan fingerprint density at radius 2 is 0.803 bits per heavy atom. The van der Waals surface area contributed by atoms with Crippen molar-refractivity contribution in [2.24, 2.45) is 0 Å². The SMILES string of the molecule is CC(C)(C)c1cccc(-c2cc(-c3cc4c5c(c3)Sc3cc(C(C)(C)c6ccccc6)ccc3B5c3ccccc3S4)cc(-c3c4ccccc4c(-c4ccccc4)c4ccccc34)c2)c1. The first-order chi connectivity index (χ1) is 32.1. The van der Waals surface area contributed by atoms with Gasteiger partial charge in [0.2, 0.25) is 6.71 Å². The maximum absolute atomic E-state index is 2.51. The molecular formula is C63H49BS2. The van der Waals surface area contributed by atoms with Crippen LogP contribution in [0.15, 0.2) is 226 Å². The lowest BCUT2D eigenvalue weighted by Crippen LogP contribution is -2.58. The lowest BCUT2D eigenvalue weighted by Gasteiger charge is -2.34. The van der Waals surface area contributed by atoms with Gasteiger partial charge in [-0.1, -0.05) is 233 Å². The lowest BCUT2D eigenvalue weighted by atomic mass is 9.36. The summed E-state index contributed by atoms with van der Waals surface area (Å²) in [5.41, 5.74) is 18.1. The Morgan fingerprint density at radius 1 is 0.318 bits per heavy atom. The molecule has 2 aliphatic rings. The van der Waals surface area contributed by atoms with E-state index in [0.29, 0.717) is 0 Å². The van der Waals surface area contributed by atoms with E-state index in [-0.39, 0.29) is 17.5 Å². The van der Waals surface area contributed by atoms with E-state index in [9.17, 15) is 0 Å². The van der Waals surface area contributed by atoms with Gasteiger partial charge in [0, 0.05) is 25.0 Å². The van der Waals surface area contributed by atoms with Crippen LogP contribution in [0.2, 0.25) is 0 Å². The third-order valence-electron chi connectivity index (χ3n) is 14.2. The van der Waals surface area contributed by atoms with E-state index in [0.717, 1.165) is 0 Å². The summed E-state index contributed by atoms with van der Waals surface area (Å²) in [6, 6.07) is 77.9. The Hall–Kier alpha value is -6.52. The summed E-state index contributed by atoms with van der Waals surface area (Å²) < 4.78 is 0. The molecule has 2 heterocycles. The Labute approximate surface area is 398 Å². The molecule has 0 atom stereocenters. The van der Waals surface area contributed by atoms with Crippen LogP contribution in [0.4, 0.5) is 0 Å². The second kappa shape index (κ2) is 15.8. The normalized spacial score (nSPS) is 13.1. The molecule has 66 heavy (non-hydrogen) atoms. The fourth-order valence-electron chi connectivity index (χ4n) is 10.6. The molecule has 0 N–H and O–H groups in total. The number of rotatable bonds is 6. The van der Waals surface area contributed by atoms with Gasteiger partial charge in [-0.2, -0.15) is 0 Å². The average Bonchev–Trinajstić information content (AvgIpc) is 3.35. The molecule has 0 fully saturated rings. The van der Waals surface area contributed by atoms with Crippen LogP contribution in [0.25, 0.3) is 66.1 Å². The van der Waals surface area contributed by atoms with Crippen molar-refractivity contribution in [3.63, 3.8) is 0 Å². The minimum Gasteiger partial charge on any atom is -0.0911 e. The third-order valence-corrected chi connectivity index (χ3v) is 16.5. The molecule has 3 heteroatoms. The molecule has 0 bridgehead atoms. The first-order valence-corrected chi connectivity index (χ1v) is 24.8. The molecule has 2 aliphatic heterocycles. The second-order valence-corrected chi connectivity index (χ2v) is 21.8. The first-order valence-electron chi connectivity index (χ1n) is 23.2. The van der Waals surface area contributed by atoms with Crippen LogP contribution in [-0.4, -0.2) is 6.71 Å². The van der Waals surface area contributed by atoms with Crippen molar-refractivity contribution in [3.05, 3.63) is 223 Å². The first kappa shape index (κ1) is 41.0. The van der Waals surface area contributed by atoms with E-state index < -0.39 is 0 Å². The molecule has 0 aromatic heterocycles. The predicted molar refractivity (Wildman–Crippen MR) is 286 cm³/mol. The summed E-state index contributed by atoms with van der Waals surface area (Å²) in [6.07, 6.45) is 0. The van der Waals surface area contributed by atoms with E-state index in [1.165, 1.54) is 119 Å². The molecule has 12 rings (SSSR count). The molecule has 10 aromatic carbocycles. The topological polar surface area (TPSA) is 0 Å². The fraction of sp³-hybridized carbons (Fsp3) is 0.111. The van der Waals surface area contributed by atoms with E-state index in [1.807, 2.05) is 23.5 Å². The highest BCUT2D eigenvalue weighted by atomic mass is 32.2. The molecule has 0 radical (unpaired) electrons. The smallest absolute Gasteiger partial charge is 0.0911 e. The maximum atomic E-state index is 2.51. The van der Waals surface area contributed by atoms with Gasteiger partial charge in [-0.15, -0.1) is 0 Å². The maximum Gasteiger partial charge on any atom is 0.247 e. The van der Waals surface area contributed by atoms with Gasteiger partial charge in [0.15, 0.2) is 0 Å². The van der Waals surface area contributed by atoms with Crippen molar-refractivity contribution in [2.75, 3.05) is 0 Å². The summed E-state index contributed by atoms with van der Waals surface area (Å²) in [7, 11) is 0. The number of benzene rings is 10. The minimum atomic E-state index is -0.140. The van der Waals surface area contributed by atoms with Gasteiger partial charge in [-0.25, -0.2) is 0 Å². The molecular weight excluding hydrogens is 832 g/mol. The molecule has 316 valence electrons. The zero-order valence-electron chi connectivity index (χ0n) is 38.0. The van der Waals surface area contributed by atoms with Crippen LogP contribution in [0.3, 0.4) is 0 Å². The van der Waals surface area contributed by atoms with Gasteiger partial charge >= 0.3 is 0 Å². The third kappa shape index (κ3) is 6.86. The van der Waals surface area contributed by atoms with Gasteiger partial charge in [0.05, 0.1) is 0 Å². The number of hydrogen-bond donors (Lipinski definition) is 0. The van der Waals surface area contributed by atoms with Crippen molar-refractivity contribution < 1.29 is 0 Å². The van der Waals surface area contributed by atoms with Crippen molar-refractivity contribution in [2.45, 2.75) is 65.0 Å². The highest BCUT2D eigenvalue weighted by molar-refractivity contribution is 8.01. The molecule has 10 aromatic rings. The fourth-order valence-corrected chi connectivity index (χ4v) is 13.2. The summed E-state index contributed by atoms with van der Waals surface area (Å²) in [4.78, 5) is 5.39. The van der Waals surface area contributed by atoms with Crippen LogP contribution >= 0.6 is 23.5 Å². The minimum absolute atomic E-state index is 0.0189. The van der Waals surface area contributed by atoms with Gasteiger partial charge in [0.25, 0.3) is 0 Å². The summed E-state index contributed by atoms with van der Waals surface area (Å²) in [5, 5.41) is 5.06. The molecule has 0 amide bonds. The van der Waals surface area contributed by atoms with E-state index >= 15 is 0 Å². The quantitative estimate of drug-likeness (QED) is 0.121. The van der Waals surface area contributed by atoms with E-state index in [1.54, 1.807) is 0 Å². The second-order valence-electron chi connectivity index (χ2n) is 19.6. The van der Waals surface area contributed by atoms with Gasteiger partial charge in [-0.05, 0) is 136 Å². The van der Waals surface area contributed by atoms with Crippen LogP contribution in [0.1, 0.15) is 51.3 Å². The molecule has 0 saturated carbocycles. The summed E-state index contributed by atoms with van der Waals surface area (Å²) in [6.45, 7) is 11.8. The largest absolute Gasteiger partial charge is 0.247 e. The Balaban J connectivity index is 1.09. The highest BCUT2D eigenvalue weighted by Gasteiger charge is 2.39. The number of fused-ring (bicyclic) bond motifs is 6. The van der Waals surface area contributed by atoms with Crippen molar-refractivity contribution >= 4 is 68.2 Å². The van der Waals surface area contributed by atoms with Crippen LogP contribution in [0.5, 0.6) is 0 Å². The molecule has 0 unspecified atom stereocenters. The monoisotopic (exact) mass is 880 g/mol. The lowest BCUT2D eigenvalue weighted by molar-refractivity contribution is 0.590. The zero-order valence-corrected chi connectivity index (χ0v) is 39.7. The van der Waals surface area contributed by atoms with E-state index in [4.69, 9.17) is 0 Å². The Morgan fingerprint density at radius 3 is 1.45 bits per heavy atom. The molecule has 0 aliphatic carbocycles. The van der Waals surface area contributed by atoms with Gasteiger partial charge < -0.3 is 0 Å². The van der Waals surface area contributed by atoms with Crippen LogP contribution < -0.4 is 16.4 Å². The Bertz CT molecular complexity index is 3490. The summed E-state index contributed by atoms with van der Waals surface area (Å²) >= 11 is 3.89. The standard InChI is InChI=1S/C63H49BS2/c1-62(2,3)47-24-18-21-41(36-47)42-33-43(35-45(34-42)60-51-27-14-12-25-49(51)59(40-19-8-6-9-20-40)50-26-13-15-28-52(50)60)44-37-57-61-58(38-44)66-56-39-48(63(4,5)46-22-10-7-11-23-46)31-32-54(56)64(61)53-29-16-17-30-55(53)65-57/h6-39H,1-5H3. The van der Waals surface area contributed by atoms with Gasteiger partial charge in [0.1, 0.15) is 0 Å². The predicted octanol–water partition coefficient (Wildman–Crippen LogP) is 15.7. The van der Waals surface area contributed by atoms with Crippen LogP contribution in [-0.2, 0) is 10.8 Å².